The molecule has 0 radical (unpaired) electrons. The van der Waals surface area contributed by atoms with Gasteiger partial charge in [-0.25, -0.2) is 0 Å². The van der Waals surface area contributed by atoms with Crippen LogP contribution in [-0.2, 0) is 0 Å². The van der Waals surface area contributed by atoms with Gasteiger partial charge in [-0.05, 0) is 36.8 Å². The van der Waals surface area contributed by atoms with Gasteiger partial charge < -0.3 is 11.1 Å². The second-order valence-corrected chi connectivity index (χ2v) is 5.50. The summed E-state index contributed by atoms with van der Waals surface area (Å²) in [7, 11) is 0. The maximum Gasteiger partial charge on any atom is 0.0198 e. The summed E-state index contributed by atoms with van der Waals surface area (Å²) in [5.41, 5.74) is 5.72. The van der Waals surface area contributed by atoms with E-state index in [1.807, 2.05) is 11.8 Å². The molecular formula is C11H24N2S. The number of rotatable bonds is 9. The first kappa shape index (κ1) is 12.3. The van der Waals surface area contributed by atoms with E-state index in [1.54, 1.807) is 0 Å². The third kappa shape index (κ3) is 5.89. The number of thioether (sulfide) groups is 1. The van der Waals surface area contributed by atoms with Crippen LogP contribution in [0.1, 0.15) is 32.6 Å². The molecule has 3 heteroatoms. The molecular weight excluding hydrogens is 192 g/mol. The number of hydrogen-bond donors (Lipinski definition) is 2. The molecule has 0 aromatic heterocycles. The monoisotopic (exact) mass is 216 g/mol. The standard InChI is InChI=1S/C11H24N2S/c1-2-14-8-6-11(9-12)13-7-5-10-3-4-10/h10-11,13H,2-9,12H2,1H3. The van der Waals surface area contributed by atoms with Crippen molar-refractivity contribution in [3.05, 3.63) is 0 Å². The fourth-order valence-electron chi connectivity index (χ4n) is 1.57. The van der Waals surface area contributed by atoms with E-state index in [-0.39, 0.29) is 0 Å². The molecule has 14 heavy (non-hydrogen) atoms. The van der Waals surface area contributed by atoms with Gasteiger partial charge in [0.15, 0.2) is 0 Å². The molecule has 0 bridgehead atoms. The molecule has 1 fully saturated rings. The molecule has 0 heterocycles. The summed E-state index contributed by atoms with van der Waals surface area (Å²) < 4.78 is 0. The fourth-order valence-corrected chi connectivity index (χ4v) is 2.31. The Morgan fingerprint density at radius 3 is 2.86 bits per heavy atom. The first-order valence-corrected chi connectivity index (χ1v) is 7.03. The van der Waals surface area contributed by atoms with E-state index in [9.17, 15) is 0 Å². The summed E-state index contributed by atoms with van der Waals surface area (Å²) in [6.45, 7) is 4.17. The second-order valence-electron chi connectivity index (χ2n) is 4.10. The molecule has 1 unspecified atom stereocenters. The van der Waals surface area contributed by atoms with Crippen LogP contribution in [-0.4, -0.2) is 30.6 Å². The average molecular weight is 216 g/mol. The van der Waals surface area contributed by atoms with Crippen molar-refractivity contribution < 1.29 is 0 Å². The summed E-state index contributed by atoms with van der Waals surface area (Å²) in [5.74, 6) is 3.50. The average Bonchev–Trinajstić information content (AvgIpc) is 2.99. The van der Waals surface area contributed by atoms with Crippen LogP contribution in [0.15, 0.2) is 0 Å². The Morgan fingerprint density at radius 1 is 1.50 bits per heavy atom. The minimum Gasteiger partial charge on any atom is -0.329 e. The summed E-state index contributed by atoms with van der Waals surface area (Å²) in [5, 5.41) is 3.56. The Kier molecular flexibility index (Phi) is 6.65. The highest BCUT2D eigenvalue weighted by Gasteiger charge is 2.20. The highest BCUT2D eigenvalue weighted by Crippen LogP contribution is 2.31. The van der Waals surface area contributed by atoms with Crippen LogP contribution in [0.3, 0.4) is 0 Å². The highest BCUT2D eigenvalue weighted by atomic mass is 32.2. The molecule has 1 aliphatic rings. The van der Waals surface area contributed by atoms with Crippen LogP contribution in [0.25, 0.3) is 0 Å². The molecule has 1 atom stereocenters. The third-order valence-electron chi connectivity index (χ3n) is 2.78. The van der Waals surface area contributed by atoms with Crippen molar-refractivity contribution >= 4 is 11.8 Å². The molecule has 0 saturated heterocycles. The van der Waals surface area contributed by atoms with E-state index in [0.29, 0.717) is 6.04 Å². The number of nitrogens with one attached hydrogen (secondary N) is 1. The van der Waals surface area contributed by atoms with E-state index in [4.69, 9.17) is 5.73 Å². The maximum atomic E-state index is 5.72. The lowest BCUT2D eigenvalue weighted by Gasteiger charge is -2.16. The molecule has 3 N–H and O–H groups in total. The quantitative estimate of drug-likeness (QED) is 0.578. The van der Waals surface area contributed by atoms with Gasteiger partial charge in [-0.1, -0.05) is 19.8 Å². The molecule has 2 nitrogen and oxygen atoms in total. The lowest BCUT2D eigenvalue weighted by molar-refractivity contribution is 0.490. The highest BCUT2D eigenvalue weighted by molar-refractivity contribution is 7.99. The predicted molar refractivity (Wildman–Crippen MR) is 65.8 cm³/mol. The zero-order valence-corrected chi connectivity index (χ0v) is 10.1. The van der Waals surface area contributed by atoms with E-state index < -0.39 is 0 Å². The smallest absolute Gasteiger partial charge is 0.0198 e. The van der Waals surface area contributed by atoms with Crippen LogP contribution < -0.4 is 11.1 Å². The lowest BCUT2D eigenvalue weighted by Crippen LogP contribution is -2.37. The van der Waals surface area contributed by atoms with Crippen LogP contribution in [0.5, 0.6) is 0 Å². The topological polar surface area (TPSA) is 38.0 Å². The van der Waals surface area contributed by atoms with Crippen molar-refractivity contribution in [2.45, 2.75) is 38.6 Å². The summed E-state index contributed by atoms with van der Waals surface area (Å²) in [4.78, 5) is 0. The van der Waals surface area contributed by atoms with Crippen molar-refractivity contribution in [3.63, 3.8) is 0 Å². The van der Waals surface area contributed by atoms with E-state index in [0.717, 1.165) is 12.5 Å². The summed E-state index contributed by atoms with van der Waals surface area (Å²) in [6.07, 6.45) is 5.50. The Hall–Kier alpha value is 0.270. The first-order chi connectivity index (χ1) is 6.86. The molecule has 1 aliphatic carbocycles. The minimum absolute atomic E-state index is 0.549. The molecule has 0 aromatic rings. The molecule has 1 rings (SSSR count). The van der Waals surface area contributed by atoms with Gasteiger partial charge in [-0.15, -0.1) is 0 Å². The van der Waals surface area contributed by atoms with Crippen LogP contribution in [0, 0.1) is 5.92 Å². The zero-order valence-electron chi connectivity index (χ0n) is 9.30. The van der Waals surface area contributed by atoms with Crippen molar-refractivity contribution in [1.82, 2.24) is 5.32 Å². The van der Waals surface area contributed by atoms with Gasteiger partial charge in [-0.3, -0.25) is 0 Å². The van der Waals surface area contributed by atoms with Crippen molar-refractivity contribution in [1.29, 1.82) is 0 Å². The molecule has 0 aliphatic heterocycles. The van der Waals surface area contributed by atoms with Gasteiger partial charge in [0.2, 0.25) is 0 Å². The van der Waals surface area contributed by atoms with Crippen LogP contribution >= 0.6 is 11.8 Å². The van der Waals surface area contributed by atoms with Crippen molar-refractivity contribution in [2.24, 2.45) is 11.7 Å². The zero-order chi connectivity index (χ0) is 10.2. The lowest BCUT2D eigenvalue weighted by atomic mass is 10.2. The van der Waals surface area contributed by atoms with E-state index in [2.05, 4.69) is 12.2 Å². The molecule has 1 saturated carbocycles. The fraction of sp³-hybridized carbons (Fsp3) is 1.00. The van der Waals surface area contributed by atoms with Crippen LogP contribution in [0.2, 0.25) is 0 Å². The number of nitrogens with two attached hydrogens (primary N) is 1. The number of hydrogen-bond acceptors (Lipinski definition) is 3. The van der Waals surface area contributed by atoms with Crippen LogP contribution in [0.4, 0.5) is 0 Å². The summed E-state index contributed by atoms with van der Waals surface area (Å²) >= 11 is 2.01. The second kappa shape index (κ2) is 7.55. The third-order valence-corrected chi connectivity index (χ3v) is 3.71. The predicted octanol–water partition coefficient (Wildman–Crippen LogP) is 1.85. The molecule has 0 amide bonds. The van der Waals surface area contributed by atoms with Gasteiger partial charge in [0, 0.05) is 12.6 Å². The molecule has 0 aromatic carbocycles. The normalized spacial score (nSPS) is 18.4. The summed E-state index contributed by atoms with van der Waals surface area (Å²) in [6, 6.07) is 0.549. The Morgan fingerprint density at radius 2 is 2.29 bits per heavy atom. The van der Waals surface area contributed by atoms with E-state index >= 15 is 0 Å². The van der Waals surface area contributed by atoms with Gasteiger partial charge in [0.25, 0.3) is 0 Å². The Labute approximate surface area is 92.4 Å². The van der Waals surface area contributed by atoms with E-state index in [1.165, 1.54) is 43.7 Å². The molecule has 84 valence electrons. The minimum atomic E-state index is 0.549. The van der Waals surface area contributed by atoms with Gasteiger partial charge >= 0.3 is 0 Å². The molecule has 0 spiro atoms. The van der Waals surface area contributed by atoms with Crippen molar-refractivity contribution in [3.8, 4) is 0 Å². The van der Waals surface area contributed by atoms with Gasteiger partial charge in [0.1, 0.15) is 0 Å². The van der Waals surface area contributed by atoms with Gasteiger partial charge in [-0.2, -0.15) is 11.8 Å². The largest absolute Gasteiger partial charge is 0.329 e. The SMILES string of the molecule is CCSCCC(CN)NCCC1CC1. The first-order valence-electron chi connectivity index (χ1n) is 5.88. The Bertz CT molecular complexity index is 137. The maximum absolute atomic E-state index is 5.72. The van der Waals surface area contributed by atoms with Gasteiger partial charge in [0.05, 0.1) is 0 Å². The Balaban J connectivity index is 1.92. The van der Waals surface area contributed by atoms with Crippen molar-refractivity contribution in [2.75, 3.05) is 24.6 Å².